The van der Waals surface area contributed by atoms with Gasteiger partial charge in [0.05, 0.1) is 12.2 Å². The van der Waals surface area contributed by atoms with E-state index in [1.54, 1.807) is 12.1 Å². The molecule has 0 N–H and O–H groups in total. The largest absolute Gasteiger partial charge is 0.491 e. The Morgan fingerprint density at radius 1 is 0.936 bits per heavy atom. The Morgan fingerprint density at radius 3 is 2.28 bits per heavy atom. The molecule has 1 atom stereocenters. The summed E-state index contributed by atoms with van der Waals surface area (Å²) in [5.74, 6) is -3.79. The molecule has 3 aromatic rings. The molecule has 1 aromatic heterocycles. The van der Waals surface area contributed by atoms with Crippen LogP contribution in [0.25, 0.3) is 11.1 Å². The minimum absolute atomic E-state index is 0.195. The van der Waals surface area contributed by atoms with Crippen LogP contribution < -0.4 is 4.90 Å². The Kier molecular flexibility index (Phi) is 9.28. The number of amides is 1. The second-order valence-corrected chi connectivity index (χ2v) is 12.7. The second-order valence-electron chi connectivity index (χ2n) is 12.3. The summed E-state index contributed by atoms with van der Waals surface area (Å²) in [5, 5.41) is 4.40. The fourth-order valence-corrected chi connectivity index (χ4v) is 6.74. The minimum Gasteiger partial charge on any atom is -0.383 e. The Labute approximate surface area is 272 Å². The SMILES string of the molecule is O=C(OC(=O)C(F)(F)F)c1cnn(C2CCCN(c3cc(Cl)ccc3-c3ccc(C4CCN(C(=O)C5CC5)CC4)cc3)C2)c1C(F)F. The number of nitrogens with zero attached hydrogens (tertiary/aromatic N) is 4. The molecule has 0 radical (unpaired) electrons. The standard InChI is InChI=1S/C33H32ClF5N4O4/c34-23-9-10-25(21-5-3-19(4-6-21)20-11-14-41(15-12-20)30(44)22-7-8-22)27(16-23)42-13-1-2-24(18-42)43-28(29(35)36)26(17-40-43)31(45)47-32(46)33(37,38)39/h3-6,9-10,16-17,20,22,24,29H,1-2,7-8,11-15,18H2. The maximum absolute atomic E-state index is 14.2. The van der Waals surface area contributed by atoms with Crippen molar-refractivity contribution in [2.24, 2.45) is 5.92 Å². The van der Waals surface area contributed by atoms with Gasteiger partial charge in [-0.2, -0.15) is 18.3 Å². The van der Waals surface area contributed by atoms with Crippen LogP contribution in [0.4, 0.5) is 27.6 Å². The van der Waals surface area contributed by atoms with E-state index in [2.05, 4.69) is 22.0 Å². The fraction of sp³-hybridized carbons (Fsp3) is 0.455. The van der Waals surface area contributed by atoms with Gasteiger partial charge in [0, 0.05) is 48.4 Å². The number of benzene rings is 2. The molecule has 0 bridgehead atoms. The molecule has 1 amide bonds. The van der Waals surface area contributed by atoms with Gasteiger partial charge in [0.25, 0.3) is 6.43 Å². The molecule has 6 rings (SSSR count). The molecule has 3 aliphatic rings. The summed E-state index contributed by atoms with van der Waals surface area (Å²) >= 11 is 6.41. The van der Waals surface area contributed by atoms with Gasteiger partial charge in [0.2, 0.25) is 5.91 Å². The Morgan fingerprint density at radius 2 is 1.64 bits per heavy atom. The number of hydrogen-bond donors (Lipinski definition) is 0. The second kappa shape index (κ2) is 13.2. The third-order valence-corrected chi connectivity index (χ3v) is 9.38. The first-order valence-electron chi connectivity index (χ1n) is 15.5. The van der Waals surface area contributed by atoms with Gasteiger partial charge in [-0.25, -0.2) is 18.4 Å². The van der Waals surface area contributed by atoms with E-state index in [1.807, 2.05) is 28.0 Å². The number of piperidine rings is 2. The van der Waals surface area contributed by atoms with Crippen molar-refractivity contribution in [1.29, 1.82) is 0 Å². The summed E-state index contributed by atoms with van der Waals surface area (Å²) in [6, 6.07) is 13.0. The van der Waals surface area contributed by atoms with E-state index in [9.17, 15) is 36.3 Å². The smallest absolute Gasteiger partial charge is 0.383 e. The summed E-state index contributed by atoms with van der Waals surface area (Å²) in [6.45, 7) is 2.29. The molecular formula is C33H32ClF5N4O4. The molecule has 3 fully saturated rings. The predicted molar refractivity (Wildman–Crippen MR) is 162 cm³/mol. The molecular weight excluding hydrogens is 647 g/mol. The Balaban J connectivity index is 1.19. The number of aromatic nitrogens is 2. The highest BCUT2D eigenvalue weighted by Crippen LogP contribution is 2.39. The van der Waals surface area contributed by atoms with Gasteiger partial charge >= 0.3 is 18.1 Å². The molecule has 2 aromatic carbocycles. The number of halogens is 6. The molecule has 1 saturated carbocycles. The zero-order chi connectivity index (χ0) is 33.5. The van der Waals surface area contributed by atoms with Crippen molar-refractivity contribution in [1.82, 2.24) is 14.7 Å². The van der Waals surface area contributed by atoms with Gasteiger partial charge in [-0.15, -0.1) is 0 Å². The number of alkyl halides is 5. The summed E-state index contributed by atoms with van der Waals surface area (Å²) in [5.41, 5.74) is 1.94. The van der Waals surface area contributed by atoms with Crippen molar-refractivity contribution >= 4 is 35.1 Å². The average Bonchev–Trinajstić information content (AvgIpc) is 3.81. The maximum atomic E-state index is 14.2. The van der Waals surface area contributed by atoms with E-state index in [-0.39, 0.29) is 18.4 Å². The van der Waals surface area contributed by atoms with E-state index < -0.39 is 41.8 Å². The van der Waals surface area contributed by atoms with Crippen molar-refractivity contribution < 1.29 is 41.1 Å². The summed E-state index contributed by atoms with van der Waals surface area (Å²) < 4.78 is 71.0. The number of rotatable bonds is 7. The number of likely N-dealkylation sites (tertiary alicyclic amines) is 1. The first-order chi connectivity index (χ1) is 22.4. The van der Waals surface area contributed by atoms with Crippen LogP contribution in [0, 0.1) is 5.92 Å². The van der Waals surface area contributed by atoms with Gasteiger partial charge in [-0.3, -0.25) is 9.48 Å². The van der Waals surface area contributed by atoms with Gasteiger partial charge in [0.15, 0.2) is 0 Å². The highest BCUT2D eigenvalue weighted by atomic mass is 35.5. The lowest BCUT2D eigenvalue weighted by atomic mass is 9.88. The van der Waals surface area contributed by atoms with Crippen LogP contribution >= 0.6 is 11.6 Å². The minimum atomic E-state index is -5.47. The van der Waals surface area contributed by atoms with E-state index >= 15 is 0 Å². The normalized spacial score (nSPS) is 19.3. The molecule has 2 saturated heterocycles. The van der Waals surface area contributed by atoms with E-state index in [1.165, 1.54) is 5.56 Å². The van der Waals surface area contributed by atoms with Crippen molar-refractivity contribution in [2.75, 3.05) is 31.1 Å². The van der Waals surface area contributed by atoms with E-state index in [0.717, 1.165) is 60.3 Å². The molecule has 8 nitrogen and oxygen atoms in total. The Bertz CT molecular complexity index is 1650. The molecule has 47 heavy (non-hydrogen) atoms. The average molecular weight is 679 g/mol. The highest BCUT2D eigenvalue weighted by Gasteiger charge is 2.43. The molecule has 1 unspecified atom stereocenters. The number of anilines is 1. The quantitative estimate of drug-likeness (QED) is 0.148. The third-order valence-electron chi connectivity index (χ3n) is 9.15. The molecule has 3 heterocycles. The molecule has 14 heteroatoms. The lowest BCUT2D eigenvalue weighted by molar-refractivity contribution is -0.193. The van der Waals surface area contributed by atoms with Crippen LogP contribution in [0.2, 0.25) is 5.02 Å². The molecule has 2 aliphatic heterocycles. The number of ether oxygens (including phenoxy) is 1. The highest BCUT2D eigenvalue weighted by molar-refractivity contribution is 6.31. The summed E-state index contributed by atoms with van der Waals surface area (Å²) in [4.78, 5) is 39.8. The van der Waals surface area contributed by atoms with E-state index in [4.69, 9.17) is 11.6 Å². The summed E-state index contributed by atoms with van der Waals surface area (Å²) in [6.07, 6.45) is -3.26. The maximum Gasteiger partial charge on any atom is 0.491 e. The lowest BCUT2D eigenvalue weighted by Crippen LogP contribution is -2.38. The first-order valence-corrected chi connectivity index (χ1v) is 15.9. The number of carbonyl (C=O) groups excluding carboxylic acids is 3. The van der Waals surface area contributed by atoms with Crippen molar-refractivity contribution in [3.63, 3.8) is 0 Å². The van der Waals surface area contributed by atoms with Gasteiger partial charge in [-0.05, 0) is 67.7 Å². The van der Waals surface area contributed by atoms with Gasteiger partial charge < -0.3 is 14.5 Å². The van der Waals surface area contributed by atoms with Crippen molar-refractivity contribution in [2.45, 2.75) is 63.1 Å². The summed E-state index contributed by atoms with van der Waals surface area (Å²) in [7, 11) is 0. The predicted octanol–water partition coefficient (Wildman–Crippen LogP) is 7.34. The fourth-order valence-electron chi connectivity index (χ4n) is 6.57. The monoisotopic (exact) mass is 678 g/mol. The molecule has 0 spiro atoms. The topological polar surface area (TPSA) is 84.7 Å². The van der Waals surface area contributed by atoms with Crippen LogP contribution in [0.15, 0.2) is 48.7 Å². The zero-order valence-electron chi connectivity index (χ0n) is 25.2. The van der Waals surface area contributed by atoms with Crippen LogP contribution in [0.3, 0.4) is 0 Å². The Hall–Kier alpha value is -4.00. The van der Waals surface area contributed by atoms with Gasteiger partial charge in [-0.1, -0.05) is 41.9 Å². The van der Waals surface area contributed by atoms with Crippen LogP contribution in [0.1, 0.15) is 78.5 Å². The lowest BCUT2D eigenvalue weighted by Gasteiger charge is -2.36. The number of esters is 2. The van der Waals surface area contributed by atoms with E-state index in [0.29, 0.717) is 36.5 Å². The number of carbonyl (C=O) groups is 3. The molecule has 250 valence electrons. The van der Waals surface area contributed by atoms with Crippen LogP contribution in [-0.4, -0.2) is 64.9 Å². The zero-order valence-corrected chi connectivity index (χ0v) is 25.9. The van der Waals surface area contributed by atoms with Gasteiger partial charge in [0.1, 0.15) is 11.3 Å². The van der Waals surface area contributed by atoms with Crippen LogP contribution in [0.5, 0.6) is 0 Å². The number of hydrogen-bond acceptors (Lipinski definition) is 6. The molecule has 1 aliphatic carbocycles. The van der Waals surface area contributed by atoms with Crippen LogP contribution in [-0.2, 0) is 14.3 Å². The first kappa shape index (κ1) is 32.9. The van der Waals surface area contributed by atoms with Crippen molar-refractivity contribution in [3.8, 4) is 11.1 Å². The third kappa shape index (κ3) is 7.14. The van der Waals surface area contributed by atoms with Crippen molar-refractivity contribution in [3.05, 3.63) is 70.5 Å².